The third-order valence-corrected chi connectivity index (χ3v) is 4.04. The van der Waals surface area contributed by atoms with Crippen LogP contribution in [0.25, 0.3) is 0 Å². The second-order valence-corrected chi connectivity index (χ2v) is 6.38. The number of nitrogens with one attached hydrogen (secondary N) is 2. The lowest BCUT2D eigenvalue weighted by atomic mass is 10.1. The van der Waals surface area contributed by atoms with E-state index in [1.54, 1.807) is 36.9 Å². The van der Waals surface area contributed by atoms with E-state index in [0.29, 0.717) is 30.1 Å². The Labute approximate surface area is 147 Å². The van der Waals surface area contributed by atoms with Crippen LogP contribution in [0, 0.1) is 5.92 Å². The third kappa shape index (κ3) is 5.20. The van der Waals surface area contributed by atoms with Crippen LogP contribution >= 0.6 is 0 Å². The van der Waals surface area contributed by atoms with E-state index in [-0.39, 0.29) is 30.2 Å². The molecule has 0 radical (unpaired) electrons. The number of methoxy groups -OCH3 is 1. The first-order valence-corrected chi connectivity index (χ1v) is 8.47. The zero-order chi connectivity index (χ0) is 18.4. The third-order valence-electron chi connectivity index (χ3n) is 4.04. The zero-order valence-corrected chi connectivity index (χ0v) is 14.9. The van der Waals surface area contributed by atoms with Crippen LogP contribution in [0.4, 0.5) is 11.4 Å². The molecule has 1 aromatic rings. The van der Waals surface area contributed by atoms with Gasteiger partial charge in [0.15, 0.2) is 0 Å². The number of amides is 3. The van der Waals surface area contributed by atoms with Gasteiger partial charge in [0.1, 0.15) is 5.75 Å². The number of piperidine rings is 1. The number of anilines is 2. The van der Waals surface area contributed by atoms with Crippen molar-refractivity contribution in [2.45, 2.75) is 33.1 Å². The van der Waals surface area contributed by atoms with Crippen LogP contribution in [0.15, 0.2) is 18.2 Å². The molecule has 0 aliphatic carbocycles. The summed E-state index contributed by atoms with van der Waals surface area (Å²) in [6.45, 7) is 4.19. The smallest absolute Gasteiger partial charge is 0.244 e. The first-order chi connectivity index (χ1) is 11.9. The number of benzene rings is 1. The van der Waals surface area contributed by atoms with Gasteiger partial charge in [-0.25, -0.2) is 0 Å². The average molecular weight is 347 g/mol. The van der Waals surface area contributed by atoms with Gasteiger partial charge in [0.05, 0.1) is 25.0 Å². The molecule has 0 saturated carbocycles. The average Bonchev–Trinajstić information content (AvgIpc) is 2.58. The minimum atomic E-state index is -0.302. The van der Waals surface area contributed by atoms with Crippen LogP contribution in [0.2, 0.25) is 0 Å². The van der Waals surface area contributed by atoms with Crippen molar-refractivity contribution in [2.24, 2.45) is 5.92 Å². The van der Waals surface area contributed by atoms with Crippen LogP contribution in [0.3, 0.4) is 0 Å². The second-order valence-electron chi connectivity index (χ2n) is 6.38. The van der Waals surface area contributed by atoms with E-state index in [4.69, 9.17) is 4.74 Å². The molecule has 1 aromatic carbocycles. The molecular weight excluding hydrogens is 322 g/mol. The van der Waals surface area contributed by atoms with Gasteiger partial charge in [-0.3, -0.25) is 14.4 Å². The van der Waals surface area contributed by atoms with E-state index >= 15 is 0 Å². The monoisotopic (exact) mass is 347 g/mol. The fourth-order valence-electron chi connectivity index (χ4n) is 2.53. The summed E-state index contributed by atoms with van der Waals surface area (Å²) in [7, 11) is 1.53. The predicted molar refractivity (Wildman–Crippen MR) is 95.5 cm³/mol. The SMILES string of the molecule is COc1ccc(NC(=O)C(C)C)c(NC(=O)CN2CCCCC2=O)c1. The molecule has 3 amide bonds. The summed E-state index contributed by atoms with van der Waals surface area (Å²) < 4.78 is 5.18. The van der Waals surface area contributed by atoms with Crippen molar-refractivity contribution < 1.29 is 19.1 Å². The molecule has 1 aliphatic rings. The van der Waals surface area contributed by atoms with Gasteiger partial charge in [0.2, 0.25) is 17.7 Å². The number of nitrogens with zero attached hydrogens (tertiary/aromatic N) is 1. The highest BCUT2D eigenvalue weighted by atomic mass is 16.5. The van der Waals surface area contributed by atoms with Crippen LogP contribution in [0.5, 0.6) is 5.75 Å². The van der Waals surface area contributed by atoms with Gasteiger partial charge in [0, 0.05) is 24.9 Å². The molecule has 7 heteroatoms. The van der Waals surface area contributed by atoms with E-state index in [9.17, 15) is 14.4 Å². The standard InChI is InChI=1S/C18H25N3O4/c1-12(2)18(24)20-14-8-7-13(25-3)10-15(14)19-16(22)11-21-9-5-4-6-17(21)23/h7-8,10,12H,4-6,9,11H2,1-3H3,(H,19,22)(H,20,24). The number of hydrogen-bond acceptors (Lipinski definition) is 4. The zero-order valence-electron chi connectivity index (χ0n) is 14.9. The molecule has 1 heterocycles. The summed E-state index contributed by atoms with van der Waals surface area (Å²) in [5.41, 5.74) is 0.945. The summed E-state index contributed by atoms with van der Waals surface area (Å²) in [5.74, 6) is -0.0701. The Morgan fingerprint density at radius 1 is 1.20 bits per heavy atom. The Kier molecular flexibility index (Phi) is 6.38. The van der Waals surface area contributed by atoms with Crippen molar-refractivity contribution in [3.8, 4) is 5.75 Å². The van der Waals surface area contributed by atoms with Gasteiger partial charge >= 0.3 is 0 Å². The van der Waals surface area contributed by atoms with E-state index in [1.807, 2.05) is 0 Å². The summed E-state index contributed by atoms with van der Waals surface area (Å²) in [4.78, 5) is 37.7. The summed E-state index contributed by atoms with van der Waals surface area (Å²) in [6, 6.07) is 5.03. The summed E-state index contributed by atoms with van der Waals surface area (Å²) in [6.07, 6.45) is 2.27. The molecule has 0 aromatic heterocycles. The summed E-state index contributed by atoms with van der Waals surface area (Å²) in [5, 5.41) is 5.56. The topological polar surface area (TPSA) is 87.7 Å². The van der Waals surface area contributed by atoms with Gasteiger partial charge < -0.3 is 20.3 Å². The van der Waals surface area contributed by atoms with Gasteiger partial charge in [0.25, 0.3) is 0 Å². The van der Waals surface area contributed by atoms with Gasteiger partial charge in [-0.1, -0.05) is 13.8 Å². The lowest BCUT2D eigenvalue weighted by Gasteiger charge is -2.26. The fourth-order valence-corrected chi connectivity index (χ4v) is 2.53. The maximum absolute atomic E-state index is 12.3. The molecule has 136 valence electrons. The van der Waals surface area contributed by atoms with Crippen LogP contribution in [0.1, 0.15) is 33.1 Å². The lowest BCUT2D eigenvalue weighted by molar-refractivity contribution is -0.136. The van der Waals surface area contributed by atoms with E-state index in [0.717, 1.165) is 12.8 Å². The first-order valence-electron chi connectivity index (χ1n) is 8.47. The van der Waals surface area contributed by atoms with Gasteiger partial charge in [-0.05, 0) is 25.0 Å². The van der Waals surface area contributed by atoms with Crippen molar-refractivity contribution in [2.75, 3.05) is 30.8 Å². The van der Waals surface area contributed by atoms with Crippen LogP contribution in [-0.4, -0.2) is 42.8 Å². The lowest BCUT2D eigenvalue weighted by Crippen LogP contribution is -2.40. The Morgan fingerprint density at radius 3 is 2.60 bits per heavy atom. The number of rotatable bonds is 6. The molecule has 1 fully saturated rings. The molecular formula is C18H25N3O4. The highest BCUT2D eigenvalue weighted by Gasteiger charge is 2.21. The number of likely N-dealkylation sites (tertiary alicyclic amines) is 1. The predicted octanol–water partition coefficient (Wildman–Crippen LogP) is 2.24. The van der Waals surface area contributed by atoms with Crippen molar-refractivity contribution in [1.82, 2.24) is 4.90 Å². The first kappa shape index (κ1) is 18.8. The molecule has 0 spiro atoms. The molecule has 2 rings (SSSR count). The van der Waals surface area contributed by atoms with E-state index in [2.05, 4.69) is 10.6 Å². The molecule has 2 N–H and O–H groups in total. The molecule has 7 nitrogen and oxygen atoms in total. The minimum Gasteiger partial charge on any atom is -0.497 e. The Bertz CT molecular complexity index is 658. The number of ether oxygens (including phenoxy) is 1. The van der Waals surface area contributed by atoms with Crippen molar-refractivity contribution in [3.63, 3.8) is 0 Å². The molecule has 1 saturated heterocycles. The molecule has 0 atom stereocenters. The largest absolute Gasteiger partial charge is 0.497 e. The molecule has 25 heavy (non-hydrogen) atoms. The number of carbonyl (C=O) groups is 3. The van der Waals surface area contributed by atoms with E-state index < -0.39 is 0 Å². The van der Waals surface area contributed by atoms with Crippen molar-refractivity contribution in [1.29, 1.82) is 0 Å². The van der Waals surface area contributed by atoms with Crippen LogP contribution in [-0.2, 0) is 14.4 Å². The second kappa shape index (κ2) is 8.50. The molecule has 1 aliphatic heterocycles. The highest BCUT2D eigenvalue weighted by molar-refractivity contribution is 6.01. The van der Waals surface area contributed by atoms with Gasteiger partial charge in [-0.2, -0.15) is 0 Å². The van der Waals surface area contributed by atoms with Crippen LogP contribution < -0.4 is 15.4 Å². The van der Waals surface area contributed by atoms with E-state index in [1.165, 1.54) is 7.11 Å². The Morgan fingerprint density at radius 2 is 1.96 bits per heavy atom. The van der Waals surface area contributed by atoms with Crippen molar-refractivity contribution >= 4 is 29.1 Å². The molecule has 0 unspecified atom stereocenters. The Hall–Kier alpha value is -2.57. The minimum absolute atomic E-state index is 0.000348. The normalized spacial score (nSPS) is 14.4. The number of hydrogen-bond donors (Lipinski definition) is 2. The number of carbonyl (C=O) groups excluding carboxylic acids is 3. The van der Waals surface area contributed by atoms with Crippen molar-refractivity contribution in [3.05, 3.63) is 18.2 Å². The maximum atomic E-state index is 12.3. The summed E-state index contributed by atoms with van der Waals surface area (Å²) >= 11 is 0. The fraction of sp³-hybridized carbons (Fsp3) is 0.500. The molecule has 0 bridgehead atoms. The van der Waals surface area contributed by atoms with Gasteiger partial charge in [-0.15, -0.1) is 0 Å². The quantitative estimate of drug-likeness (QED) is 0.826. The highest BCUT2D eigenvalue weighted by Crippen LogP contribution is 2.27. The maximum Gasteiger partial charge on any atom is 0.244 e. The Balaban J connectivity index is 2.11.